The first-order chi connectivity index (χ1) is 6.18. The van der Waals surface area contributed by atoms with Crippen LogP contribution in [0.1, 0.15) is 19.8 Å². The predicted octanol–water partition coefficient (Wildman–Crippen LogP) is 0.0111. The number of urea groups is 1. The van der Waals surface area contributed by atoms with Crippen molar-refractivity contribution in [2.45, 2.75) is 25.8 Å². The van der Waals surface area contributed by atoms with Gasteiger partial charge in [0.05, 0.1) is 0 Å². The zero-order chi connectivity index (χ0) is 9.68. The molecule has 0 aromatic carbocycles. The van der Waals surface area contributed by atoms with Crippen LogP contribution in [0.2, 0.25) is 0 Å². The van der Waals surface area contributed by atoms with Crippen LogP contribution in [0.3, 0.4) is 0 Å². The van der Waals surface area contributed by atoms with E-state index in [0.717, 1.165) is 12.8 Å². The van der Waals surface area contributed by atoms with E-state index in [9.17, 15) is 9.59 Å². The Morgan fingerprint density at radius 2 is 1.92 bits per heavy atom. The molecule has 0 aromatic rings. The lowest BCUT2D eigenvalue weighted by Crippen LogP contribution is -2.45. The van der Waals surface area contributed by atoms with Crippen LogP contribution in [0.25, 0.3) is 0 Å². The van der Waals surface area contributed by atoms with Gasteiger partial charge in [-0.05, 0) is 12.8 Å². The number of ether oxygens (including phenoxy) is 1. The van der Waals surface area contributed by atoms with E-state index in [1.807, 2.05) is 0 Å². The van der Waals surface area contributed by atoms with E-state index in [4.69, 9.17) is 4.74 Å². The Bertz CT molecular complexity index is 200. The first-order valence-electron chi connectivity index (χ1n) is 4.34. The molecule has 0 unspecified atom stereocenters. The average Bonchev–Trinajstić information content (AvgIpc) is 2.04. The minimum Gasteiger partial charge on any atom is -0.381 e. The smallest absolute Gasteiger partial charge is 0.321 e. The number of rotatable bonds is 1. The number of hydrogen-bond donors (Lipinski definition) is 2. The number of imide groups is 1. The summed E-state index contributed by atoms with van der Waals surface area (Å²) < 4.78 is 5.12. The van der Waals surface area contributed by atoms with Gasteiger partial charge in [-0.25, -0.2) is 4.79 Å². The molecule has 0 bridgehead atoms. The molecule has 13 heavy (non-hydrogen) atoms. The molecule has 1 saturated heterocycles. The van der Waals surface area contributed by atoms with Crippen LogP contribution in [0.4, 0.5) is 4.79 Å². The maximum absolute atomic E-state index is 11.0. The van der Waals surface area contributed by atoms with Crippen molar-refractivity contribution in [3.63, 3.8) is 0 Å². The van der Waals surface area contributed by atoms with Gasteiger partial charge in [-0.2, -0.15) is 0 Å². The van der Waals surface area contributed by atoms with Crippen LogP contribution in [0.15, 0.2) is 0 Å². The molecule has 5 nitrogen and oxygen atoms in total. The summed E-state index contributed by atoms with van der Waals surface area (Å²) in [6, 6.07) is -0.285. The largest absolute Gasteiger partial charge is 0.381 e. The van der Waals surface area contributed by atoms with E-state index in [1.54, 1.807) is 0 Å². The third kappa shape index (κ3) is 3.89. The molecule has 1 heterocycles. The van der Waals surface area contributed by atoms with Crippen molar-refractivity contribution in [2.75, 3.05) is 13.2 Å². The van der Waals surface area contributed by atoms with Gasteiger partial charge in [-0.15, -0.1) is 0 Å². The van der Waals surface area contributed by atoms with Gasteiger partial charge in [0, 0.05) is 26.2 Å². The van der Waals surface area contributed by atoms with E-state index >= 15 is 0 Å². The van der Waals surface area contributed by atoms with Gasteiger partial charge in [0.2, 0.25) is 5.91 Å². The van der Waals surface area contributed by atoms with Gasteiger partial charge in [-0.3, -0.25) is 10.1 Å². The highest BCUT2D eigenvalue weighted by Gasteiger charge is 2.15. The summed E-state index contributed by atoms with van der Waals surface area (Å²) in [7, 11) is 0. The standard InChI is InChI=1S/C8H14N2O3/c1-6(11)9-8(12)10-7-2-4-13-5-3-7/h7H,2-5H2,1H3,(H2,9,10,11,12). The summed E-state index contributed by atoms with van der Waals surface area (Å²) in [6.07, 6.45) is 1.62. The molecule has 74 valence electrons. The summed E-state index contributed by atoms with van der Waals surface area (Å²) in [4.78, 5) is 21.5. The van der Waals surface area contributed by atoms with Crippen LogP contribution in [0.5, 0.6) is 0 Å². The normalized spacial score (nSPS) is 17.9. The number of nitrogens with one attached hydrogen (secondary N) is 2. The molecule has 0 radical (unpaired) electrons. The minimum atomic E-state index is -0.417. The molecule has 3 amide bonds. The molecule has 0 atom stereocenters. The fourth-order valence-electron chi connectivity index (χ4n) is 1.22. The van der Waals surface area contributed by atoms with Crippen molar-refractivity contribution in [1.29, 1.82) is 0 Å². The summed E-state index contributed by atoms with van der Waals surface area (Å²) >= 11 is 0. The quantitative estimate of drug-likeness (QED) is 0.606. The molecular weight excluding hydrogens is 172 g/mol. The number of carbonyl (C=O) groups is 2. The van der Waals surface area contributed by atoms with Crippen LogP contribution >= 0.6 is 0 Å². The second-order valence-corrected chi connectivity index (χ2v) is 3.04. The van der Waals surface area contributed by atoms with Gasteiger partial charge >= 0.3 is 6.03 Å². The Labute approximate surface area is 76.8 Å². The highest BCUT2D eigenvalue weighted by atomic mass is 16.5. The van der Waals surface area contributed by atoms with E-state index < -0.39 is 6.03 Å². The van der Waals surface area contributed by atoms with Gasteiger partial charge in [0.15, 0.2) is 0 Å². The SMILES string of the molecule is CC(=O)NC(=O)NC1CCOCC1. The van der Waals surface area contributed by atoms with Crippen molar-refractivity contribution in [3.05, 3.63) is 0 Å². The summed E-state index contributed by atoms with van der Waals surface area (Å²) in [5.74, 6) is -0.343. The van der Waals surface area contributed by atoms with Gasteiger partial charge in [0.25, 0.3) is 0 Å². The molecule has 1 fully saturated rings. The van der Waals surface area contributed by atoms with Crippen molar-refractivity contribution < 1.29 is 14.3 Å². The van der Waals surface area contributed by atoms with Crippen LogP contribution < -0.4 is 10.6 Å². The topological polar surface area (TPSA) is 67.4 Å². The lowest BCUT2D eigenvalue weighted by atomic mass is 10.1. The molecule has 1 aliphatic rings. The highest BCUT2D eigenvalue weighted by Crippen LogP contribution is 2.05. The van der Waals surface area contributed by atoms with Gasteiger partial charge in [-0.1, -0.05) is 0 Å². The van der Waals surface area contributed by atoms with Gasteiger partial charge in [0.1, 0.15) is 0 Å². The fraction of sp³-hybridized carbons (Fsp3) is 0.750. The average molecular weight is 186 g/mol. The molecular formula is C8H14N2O3. The highest BCUT2D eigenvalue weighted by molar-refractivity contribution is 5.93. The van der Waals surface area contributed by atoms with Crippen molar-refractivity contribution >= 4 is 11.9 Å². The van der Waals surface area contributed by atoms with Crippen molar-refractivity contribution in [3.8, 4) is 0 Å². The fourth-order valence-corrected chi connectivity index (χ4v) is 1.22. The summed E-state index contributed by atoms with van der Waals surface area (Å²) in [5.41, 5.74) is 0. The molecule has 0 aliphatic carbocycles. The Kier molecular flexibility index (Phi) is 3.70. The Morgan fingerprint density at radius 3 is 2.46 bits per heavy atom. The Hall–Kier alpha value is -1.10. The van der Waals surface area contributed by atoms with Crippen LogP contribution in [0, 0.1) is 0 Å². The molecule has 0 aromatic heterocycles. The summed E-state index contributed by atoms with van der Waals surface area (Å²) in [5, 5.41) is 4.86. The first-order valence-corrected chi connectivity index (χ1v) is 4.34. The maximum Gasteiger partial charge on any atom is 0.321 e. The minimum absolute atomic E-state index is 0.132. The third-order valence-corrected chi connectivity index (χ3v) is 1.85. The van der Waals surface area contributed by atoms with E-state index in [1.165, 1.54) is 6.92 Å². The summed E-state index contributed by atoms with van der Waals surface area (Å²) in [6.45, 7) is 2.65. The first kappa shape index (κ1) is 9.98. The molecule has 0 spiro atoms. The third-order valence-electron chi connectivity index (χ3n) is 1.85. The molecule has 5 heteroatoms. The second kappa shape index (κ2) is 4.81. The van der Waals surface area contributed by atoms with Crippen LogP contribution in [-0.4, -0.2) is 31.2 Å². The van der Waals surface area contributed by atoms with Gasteiger partial charge < -0.3 is 10.1 Å². The van der Waals surface area contributed by atoms with Crippen molar-refractivity contribution in [1.82, 2.24) is 10.6 Å². The van der Waals surface area contributed by atoms with Crippen LogP contribution in [-0.2, 0) is 9.53 Å². The Balaban J connectivity index is 2.22. The lowest BCUT2D eigenvalue weighted by Gasteiger charge is -2.22. The second-order valence-electron chi connectivity index (χ2n) is 3.04. The zero-order valence-electron chi connectivity index (χ0n) is 7.63. The predicted molar refractivity (Wildman–Crippen MR) is 46.2 cm³/mol. The number of amides is 3. The zero-order valence-corrected chi connectivity index (χ0v) is 7.63. The van der Waals surface area contributed by atoms with E-state index in [2.05, 4.69) is 10.6 Å². The molecule has 0 saturated carbocycles. The maximum atomic E-state index is 11.0. The Morgan fingerprint density at radius 1 is 1.31 bits per heavy atom. The monoisotopic (exact) mass is 186 g/mol. The molecule has 2 N–H and O–H groups in total. The molecule has 1 rings (SSSR count). The van der Waals surface area contributed by atoms with E-state index in [-0.39, 0.29) is 11.9 Å². The van der Waals surface area contributed by atoms with Crippen molar-refractivity contribution in [2.24, 2.45) is 0 Å². The molecule has 1 aliphatic heterocycles. The lowest BCUT2D eigenvalue weighted by molar-refractivity contribution is -0.117. The van der Waals surface area contributed by atoms with E-state index in [0.29, 0.717) is 13.2 Å². The number of carbonyl (C=O) groups excluding carboxylic acids is 2. The number of hydrogen-bond acceptors (Lipinski definition) is 3.